The maximum Gasteiger partial charge on any atom is 0.0375 e. The molecule has 1 unspecified atom stereocenters. The molecule has 13 heavy (non-hydrogen) atoms. The van der Waals surface area contributed by atoms with Crippen LogP contribution in [0.3, 0.4) is 0 Å². The Morgan fingerprint density at radius 3 is 2.85 bits per heavy atom. The van der Waals surface area contributed by atoms with Crippen LogP contribution in [0.1, 0.15) is 37.8 Å². The number of nitrogens with one attached hydrogen (secondary N) is 1. The number of fused-ring (bicyclic) bond motifs is 1. The molecule has 1 aromatic rings. The van der Waals surface area contributed by atoms with Crippen LogP contribution >= 0.6 is 0 Å². The van der Waals surface area contributed by atoms with Crippen molar-refractivity contribution in [2.75, 3.05) is 5.32 Å². The van der Waals surface area contributed by atoms with Gasteiger partial charge < -0.3 is 5.32 Å². The van der Waals surface area contributed by atoms with Crippen LogP contribution in [0, 0.1) is 0 Å². The molecule has 1 nitrogen and oxygen atoms in total. The zero-order valence-corrected chi connectivity index (χ0v) is 8.59. The quantitative estimate of drug-likeness (QED) is 0.691. The average molecular weight is 175 g/mol. The highest BCUT2D eigenvalue weighted by Crippen LogP contribution is 2.28. The third kappa shape index (κ3) is 1.55. The van der Waals surface area contributed by atoms with Crippen LogP contribution < -0.4 is 5.32 Å². The van der Waals surface area contributed by atoms with Gasteiger partial charge in [0.15, 0.2) is 0 Å². The Bertz CT molecular complexity index is 315. The van der Waals surface area contributed by atoms with Crippen LogP contribution in [0.4, 0.5) is 5.69 Å². The Balaban J connectivity index is 2.35. The van der Waals surface area contributed by atoms with Crippen LogP contribution in [0.5, 0.6) is 0 Å². The van der Waals surface area contributed by atoms with Crippen LogP contribution in [0.2, 0.25) is 0 Å². The van der Waals surface area contributed by atoms with Gasteiger partial charge >= 0.3 is 0 Å². The SMILES string of the molecule is CC1Cc2cc(C(C)C)ccc2N1. The molecule has 0 spiro atoms. The van der Waals surface area contributed by atoms with E-state index in [1.807, 2.05) is 0 Å². The van der Waals surface area contributed by atoms with Gasteiger partial charge in [-0.15, -0.1) is 0 Å². The first-order chi connectivity index (χ1) is 6.16. The predicted octanol–water partition coefficient (Wildman–Crippen LogP) is 3.17. The van der Waals surface area contributed by atoms with E-state index in [-0.39, 0.29) is 0 Å². The molecule has 1 aromatic carbocycles. The zero-order chi connectivity index (χ0) is 9.42. The van der Waals surface area contributed by atoms with Crippen molar-refractivity contribution in [2.24, 2.45) is 0 Å². The third-order valence-corrected chi connectivity index (χ3v) is 2.72. The van der Waals surface area contributed by atoms with Gasteiger partial charge in [-0.1, -0.05) is 26.0 Å². The molecule has 0 aromatic heterocycles. The van der Waals surface area contributed by atoms with Gasteiger partial charge in [0.05, 0.1) is 0 Å². The largest absolute Gasteiger partial charge is 0.382 e. The second kappa shape index (κ2) is 3.06. The van der Waals surface area contributed by atoms with Crippen molar-refractivity contribution in [2.45, 2.75) is 39.2 Å². The molecular formula is C12H17N. The van der Waals surface area contributed by atoms with Crippen molar-refractivity contribution >= 4 is 5.69 Å². The fraction of sp³-hybridized carbons (Fsp3) is 0.500. The lowest BCUT2D eigenvalue weighted by Crippen LogP contribution is -2.08. The van der Waals surface area contributed by atoms with E-state index >= 15 is 0 Å². The van der Waals surface area contributed by atoms with Crippen LogP contribution in [0.15, 0.2) is 18.2 Å². The van der Waals surface area contributed by atoms with Gasteiger partial charge in [0.1, 0.15) is 0 Å². The van der Waals surface area contributed by atoms with Gasteiger partial charge in [-0.25, -0.2) is 0 Å². The van der Waals surface area contributed by atoms with E-state index in [0.717, 1.165) is 0 Å². The first-order valence-corrected chi connectivity index (χ1v) is 5.06. The molecule has 2 rings (SSSR count). The second-order valence-corrected chi connectivity index (χ2v) is 4.32. The molecule has 0 saturated carbocycles. The molecule has 0 radical (unpaired) electrons. The standard InChI is InChI=1S/C12H17N/c1-8(2)10-4-5-12-11(7-10)6-9(3)13-12/h4-5,7-9,13H,6H2,1-3H3. The van der Waals surface area contributed by atoms with E-state index in [4.69, 9.17) is 0 Å². The summed E-state index contributed by atoms with van der Waals surface area (Å²) in [5.41, 5.74) is 4.27. The van der Waals surface area contributed by atoms with Gasteiger partial charge in [0.2, 0.25) is 0 Å². The first-order valence-electron chi connectivity index (χ1n) is 5.06. The highest BCUT2D eigenvalue weighted by atomic mass is 14.9. The van der Waals surface area contributed by atoms with Gasteiger partial charge in [-0.2, -0.15) is 0 Å². The van der Waals surface area contributed by atoms with E-state index in [1.54, 1.807) is 0 Å². The number of rotatable bonds is 1. The fourth-order valence-electron chi connectivity index (χ4n) is 1.93. The molecule has 1 atom stereocenters. The van der Waals surface area contributed by atoms with Crippen molar-refractivity contribution in [1.82, 2.24) is 0 Å². The lowest BCUT2D eigenvalue weighted by Gasteiger charge is -2.07. The van der Waals surface area contributed by atoms with Gasteiger partial charge in [-0.05, 0) is 36.5 Å². The third-order valence-electron chi connectivity index (χ3n) is 2.72. The summed E-state index contributed by atoms with van der Waals surface area (Å²) in [6.07, 6.45) is 1.18. The van der Waals surface area contributed by atoms with Crippen molar-refractivity contribution < 1.29 is 0 Å². The number of anilines is 1. The molecule has 0 saturated heterocycles. The first kappa shape index (κ1) is 8.61. The smallest absolute Gasteiger partial charge is 0.0375 e. The summed E-state index contributed by atoms with van der Waals surface area (Å²) < 4.78 is 0. The van der Waals surface area contributed by atoms with E-state index in [0.29, 0.717) is 12.0 Å². The molecule has 70 valence electrons. The molecule has 1 heterocycles. The van der Waals surface area contributed by atoms with E-state index in [1.165, 1.54) is 23.2 Å². The number of hydrogen-bond acceptors (Lipinski definition) is 1. The normalized spacial score (nSPS) is 20.2. The summed E-state index contributed by atoms with van der Waals surface area (Å²) in [5.74, 6) is 0.640. The summed E-state index contributed by atoms with van der Waals surface area (Å²) >= 11 is 0. The van der Waals surface area contributed by atoms with E-state index in [2.05, 4.69) is 44.3 Å². The molecule has 0 aliphatic carbocycles. The molecule has 0 amide bonds. The molecule has 0 fully saturated rings. The van der Waals surface area contributed by atoms with Crippen molar-refractivity contribution in [1.29, 1.82) is 0 Å². The maximum absolute atomic E-state index is 3.46. The zero-order valence-electron chi connectivity index (χ0n) is 8.59. The lowest BCUT2D eigenvalue weighted by molar-refractivity contribution is 0.832. The van der Waals surface area contributed by atoms with E-state index < -0.39 is 0 Å². The molecular weight excluding hydrogens is 158 g/mol. The van der Waals surface area contributed by atoms with Gasteiger partial charge in [0.25, 0.3) is 0 Å². The summed E-state index contributed by atoms with van der Waals surface area (Å²) in [4.78, 5) is 0. The van der Waals surface area contributed by atoms with Crippen molar-refractivity contribution in [3.05, 3.63) is 29.3 Å². The summed E-state index contributed by atoms with van der Waals surface area (Å²) in [6, 6.07) is 7.40. The Hall–Kier alpha value is -0.980. The summed E-state index contributed by atoms with van der Waals surface area (Å²) in [7, 11) is 0. The number of hydrogen-bond donors (Lipinski definition) is 1. The topological polar surface area (TPSA) is 12.0 Å². The highest BCUT2D eigenvalue weighted by Gasteiger charge is 2.16. The molecule has 1 N–H and O–H groups in total. The van der Waals surface area contributed by atoms with Crippen LogP contribution in [0.25, 0.3) is 0 Å². The van der Waals surface area contributed by atoms with Crippen LogP contribution in [-0.4, -0.2) is 6.04 Å². The molecule has 1 aliphatic rings. The average Bonchev–Trinajstić information content (AvgIpc) is 2.42. The van der Waals surface area contributed by atoms with Crippen LogP contribution in [-0.2, 0) is 6.42 Å². The number of benzene rings is 1. The summed E-state index contributed by atoms with van der Waals surface area (Å²) in [6.45, 7) is 6.72. The minimum Gasteiger partial charge on any atom is -0.382 e. The summed E-state index contributed by atoms with van der Waals surface area (Å²) in [5, 5.41) is 3.46. The maximum atomic E-state index is 3.46. The fourth-order valence-corrected chi connectivity index (χ4v) is 1.93. The Labute approximate surface area is 80.2 Å². The molecule has 0 bridgehead atoms. The minimum absolute atomic E-state index is 0.609. The molecule has 1 heteroatoms. The Kier molecular flexibility index (Phi) is 2.03. The highest BCUT2D eigenvalue weighted by molar-refractivity contribution is 5.58. The van der Waals surface area contributed by atoms with Crippen molar-refractivity contribution in [3.8, 4) is 0 Å². The van der Waals surface area contributed by atoms with Gasteiger partial charge in [-0.3, -0.25) is 0 Å². The Morgan fingerprint density at radius 1 is 1.38 bits per heavy atom. The monoisotopic (exact) mass is 175 g/mol. The predicted molar refractivity (Wildman–Crippen MR) is 57.3 cm³/mol. The lowest BCUT2D eigenvalue weighted by atomic mass is 9.99. The van der Waals surface area contributed by atoms with Gasteiger partial charge in [0, 0.05) is 11.7 Å². The Morgan fingerprint density at radius 2 is 2.15 bits per heavy atom. The van der Waals surface area contributed by atoms with Crippen molar-refractivity contribution in [3.63, 3.8) is 0 Å². The van der Waals surface area contributed by atoms with E-state index in [9.17, 15) is 0 Å². The minimum atomic E-state index is 0.609. The molecule has 1 aliphatic heterocycles. The second-order valence-electron chi connectivity index (χ2n) is 4.32.